The van der Waals surface area contributed by atoms with E-state index in [9.17, 15) is 9.90 Å². The van der Waals surface area contributed by atoms with E-state index in [1.807, 2.05) is 101 Å². The Labute approximate surface area is 277 Å². The Morgan fingerprint density at radius 3 is 2.48 bits per heavy atom. The molecular weight excluding hydrogens is 619 g/mol. The number of fused-ring (bicyclic) bond motifs is 2. The van der Waals surface area contributed by atoms with Gasteiger partial charge >= 0.3 is 0 Å². The topological polar surface area (TPSA) is 89.1 Å². The molecule has 1 unspecified atom stereocenters. The molecule has 1 N–H and O–H groups in total. The molecule has 0 saturated carbocycles. The van der Waals surface area contributed by atoms with Crippen LogP contribution >= 0.6 is 23.2 Å². The second-order valence-electron chi connectivity index (χ2n) is 12.3. The minimum absolute atomic E-state index is 0.0543. The van der Waals surface area contributed by atoms with E-state index in [0.717, 1.165) is 49.8 Å². The molecule has 6 aromatic rings. The van der Waals surface area contributed by atoms with Gasteiger partial charge < -0.3 is 10.0 Å². The van der Waals surface area contributed by atoms with Crippen molar-refractivity contribution in [3.8, 4) is 5.69 Å². The lowest BCUT2D eigenvalue weighted by atomic mass is 9.71. The number of pyridine rings is 1. The van der Waals surface area contributed by atoms with E-state index in [2.05, 4.69) is 10.2 Å². The average molecular weight is 654 g/mol. The van der Waals surface area contributed by atoms with Crippen LogP contribution in [-0.4, -0.2) is 53.5 Å². The first-order valence-corrected chi connectivity index (χ1v) is 16.2. The number of carbonyl (C=O) groups is 1. The summed E-state index contributed by atoms with van der Waals surface area (Å²) in [6, 6.07) is 20.0. The monoisotopic (exact) mass is 652 g/mol. The third-order valence-electron chi connectivity index (χ3n) is 9.50. The van der Waals surface area contributed by atoms with Crippen LogP contribution in [0.25, 0.3) is 27.5 Å². The number of aliphatic hydroxyl groups is 1. The van der Waals surface area contributed by atoms with Crippen molar-refractivity contribution in [3.63, 3.8) is 0 Å². The van der Waals surface area contributed by atoms with Crippen molar-refractivity contribution in [3.05, 3.63) is 117 Å². The third kappa shape index (κ3) is 5.24. The molecule has 3 aromatic carbocycles. The van der Waals surface area contributed by atoms with Gasteiger partial charge in [0.15, 0.2) is 0 Å². The highest BCUT2D eigenvalue weighted by molar-refractivity contribution is 6.39. The van der Waals surface area contributed by atoms with Crippen molar-refractivity contribution >= 4 is 50.9 Å². The molecule has 1 fully saturated rings. The van der Waals surface area contributed by atoms with E-state index in [1.165, 1.54) is 0 Å². The molecule has 1 amide bonds. The number of benzene rings is 3. The number of hydrogen-bond acceptors (Lipinski definition) is 5. The zero-order valence-corrected chi connectivity index (χ0v) is 27.4. The number of carbonyl (C=O) groups excluding carboxylic acids is 1. The van der Waals surface area contributed by atoms with Crippen molar-refractivity contribution in [2.45, 2.75) is 38.7 Å². The van der Waals surface area contributed by atoms with E-state index >= 15 is 0 Å². The fraction of sp³-hybridized carbons (Fsp3) is 0.278. The third-order valence-corrected chi connectivity index (χ3v) is 10.2. The van der Waals surface area contributed by atoms with Gasteiger partial charge in [-0.2, -0.15) is 10.2 Å². The van der Waals surface area contributed by atoms with Crippen LogP contribution in [0.1, 0.15) is 47.6 Å². The van der Waals surface area contributed by atoms with Gasteiger partial charge in [-0.05, 0) is 84.3 Å². The Kier molecular flexibility index (Phi) is 7.83. The molecule has 1 atom stereocenters. The van der Waals surface area contributed by atoms with E-state index in [1.54, 1.807) is 13.1 Å². The Hall–Kier alpha value is -4.24. The predicted molar refractivity (Wildman–Crippen MR) is 182 cm³/mol. The minimum Gasteiger partial charge on any atom is -0.380 e. The largest absolute Gasteiger partial charge is 0.380 e. The van der Waals surface area contributed by atoms with Gasteiger partial charge in [0.25, 0.3) is 0 Å². The molecule has 1 saturated heterocycles. The zero-order valence-electron chi connectivity index (χ0n) is 25.9. The molecule has 0 spiro atoms. The summed E-state index contributed by atoms with van der Waals surface area (Å²) in [6.45, 7) is 4.75. The van der Waals surface area contributed by atoms with Gasteiger partial charge in [-0.3, -0.25) is 9.48 Å². The first-order chi connectivity index (χ1) is 22.1. The van der Waals surface area contributed by atoms with E-state index < -0.39 is 5.60 Å². The normalized spacial score (nSPS) is 15.5. The smallest absolute Gasteiger partial charge is 0.219 e. The van der Waals surface area contributed by atoms with Gasteiger partial charge in [-0.15, -0.1) is 0 Å². The van der Waals surface area contributed by atoms with Crippen LogP contribution in [0, 0.1) is 12.8 Å². The molecule has 4 heterocycles. The van der Waals surface area contributed by atoms with Gasteiger partial charge in [-0.25, -0.2) is 9.67 Å². The van der Waals surface area contributed by atoms with Gasteiger partial charge in [-0.1, -0.05) is 47.5 Å². The van der Waals surface area contributed by atoms with Crippen LogP contribution in [0.4, 0.5) is 0 Å². The summed E-state index contributed by atoms with van der Waals surface area (Å²) in [5.74, 6) is -0.0838. The molecule has 0 bridgehead atoms. The Morgan fingerprint density at radius 2 is 1.78 bits per heavy atom. The Morgan fingerprint density at radius 1 is 1.02 bits per heavy atom. The molecule has 10 heteroatoms. The predicted octanol–water partition coefficient (Wildman–Crippen LogP) is 7.01. The van der Waals surface area contributed by atoms with Crippen molar-refractivity contribution < 1.29 is 9.90 Å². The fourth-order valence-electron chi connectivity index (χ4n) is 6.93. The molecule has 7 rings (SSSR count). The van der Waals surface area contributed by atoms with Crippen molar-refractivity contribution in [1.82, 2.24) is 29.4 Å². The summed E-state index contributed by atoms with van der Waals surface area (Å²) in [5.41, 5.74) is 5.45. The molecule has 0 radical (unpaired) electrons. The maximum Gasteiger partial charge on any atom is 0.219 e. The lowest BCUT2D eigenvalue weighted by Gasteiger charge is -2.42. The number of aromatic nitrogens is 5. The minimum atomic E-state index is -1.35. The van der Waals surface area contributed by atoms with Gasteiger partial charge in [0.1, 0.15) is 10.8 Å². The maximum atomic E-state index is 13.0. The number of halogens is 2. The molecule has 3 aromatic heterocycles. The maximum absolute atomic E-state index is 13.0. The first-order valence-electron chi connectivity index (χ1n) is 15.4. The van der Waals surface area contributed by atoms with E-state index in [0.29, 0.717) is 48.0 Å². The second-order valence-corrected chi connectivity index (χ2v) is 13.0. The highest BCUT2D eigenvalue weighted by Crippen LogP contribution is 2.45. The summed E-state index contributed by atoms with van der Waals surface area (Å²) in [4.78, 5) is 18.8. The molecular formula is C36H34Cl2N6O2. The second kappa shape index (κ2) is 11.8. The number of likely N-dealkylation sites (tertiary alicyclic amines) is 1. The summed E-state index contributed by atoms with van der Waals surface area (Å²) in [5, 5.41) is 24.3. The van der Waals surface area contributed by atoms with Crippen molar-refractivity contribution in [2.24, 2.45) is 13.0 Å². The quantitative estimate of drug-likeness (QED) is 0.196. The van der Waals surface area contributed by atoms with E-state index in [4.69, 9.17) is 28.2 Å². The standard InChI is InChI=1S/C36H34Cl2N6O2/c1-22-17-28(36(46,26-11-15-43(16-12-26)23(2)45)27-7-10-32-25(19-27)21-40-42(32)3)20-30-33(37)31(35(38)41-34(22)30)18-24-5-8-29(9-6-24)44-14-4-13-39-44/h4-10,13-14,17,19-21,26,46H,11-12,15-16,18H2,1-3H3. The summed E-state index contributed by atoms with van der Waals surface area (Å²) < 4.78 is 3.63. The van der Waals surface area contributed by atoms with Crippen LogP contribution in [0.3, 0.4) is 0 Å². The number of hydrogen-bond donors (Lipinski definition) is 1. The number of rotatable bonds is 6. The highest BCUT2D eigenvalue weighted by atomic mass is 35.5. The SMILES string of the molecule is CC(=O)N1CCC(C(O)(c2ccc3c(cnn3C)c2)c2cc(C)c3nc(Cl)c(Cc4ccc(-n5cccn5)cc4)c(Cl)c3c2)CC1. The van der Waals surface area contributed by atoms with Crippen molar-refractivity contribution in [1.29, 1.82) is 0 Å². The number of nitrogens with zero attached hydrogens (tertiary/aromatic N) is 6. The van der Waals surface area contributed by atoms with E-state index in [-0.39, 0.29) is 11.8 Å². The lowest BCUT2D eigenvalue weighted by molar-refractivity contribution is -0.131. The lowest BCUT2D eigenvalue weighted by Crippen LogP contribution is -2.45. The van der Waals surface area contributed by atoms with Crippen LogP contribution < -0.4 is 0 Å². The Balaban J connectivity index is 1.33. The fourth-order valence-corrected chi connectivity index (χ4v) is 7.52. The van der Waals surface area contributed by atoms with Gasteiger partial charge in [0.2, 0.25) is 5.91 Å². The Bertz CT molecular complexity index is 2080. The number of amides is 1. The molecule has 0 aliphatic carbocycles. The summed E-state index contributed by atoms with van der Waals surface area (Å²) >= 11 is 14.0. The number of aryl methyl sites for hydroxylation is 2. The van der Waals surface area contributed by atoms with Crippen LogP contribution in [0.2, 0.25) is 10.2 Å². The van der Waals surface area contributed by atoms with Gasteiger partial charge in [0, 0.05) is 62.2 Å². The zero-order chi connectivity index (χ0) is 32.2. The first kappa shape index (κ1) is 30.4. The molecule has 1 aliphatic rings. The van der Waals surface area contributed by atoms with Crippen LogP contribution in [-0.2, 0) is 23.9 Å². The highest BCUT2D eigenvalue weighted by Gasteiger charge is 2.42. The van der Waals surface area contributed by atoms with Gasteiger partial charge in [0.05, 0.1) is 27.9 Å². The average Bonchev–Trinajstić information content (AvgIpc) is 3.74. The summed E-state index contributed by atoms with van der Waals surface area (Å²) in [7, 11) is 1.91. The molecule has 8 nitrogen and oxygen atoms in total. The molecule has 1 aliphatic heterocycles. The van der Waals surface area contributed by atoms with Crippen molar-refractivity contribution in [2.75, 3.05) is 13.1 Å². The number of piperidine rings is 1. The van der Waals surface area contributed by atoms with Crippen LogP contribution in [0.5, 0.6) is 0 Å². The summed E-state index contributed by atoms with van der Waals surface area (Å²) in [6.07, 6.45) is 7.28. The molecule has 234 valence electrons. The van der Waals surface area contributed by atoms with Crippen LogP contribution in [0.15, 0.2) is 79.3 Å². The molecule has 46 heavy (non-hydrogen) atoms.